The average Bonchev–Trinajstić information content (AvgIpc) is 2.34. The first-order valence-electron chi connectivity index (χ1n) is 6.62. The number of hydrogen-bond acceptors (Lipinski definition) is 2. The van der Waals surface area contributed by atoms with E-state index in [1.807, 2.05) is 6.92 Å². The molecule has 1 unspecified atom stereocenters. The summed E-state index contributed by atoms with van der Waals surface area (Å²) in [5.74, 6) is -0.419. The molecule has 0 aliphatic carbocycles. The molecule has 0 saturated heterocycles. The fraction of sp³-hybridized carbons (Fsp3) is 0.571. The third-order valence-corrected chi connectivity index (χ3v) is 3.00. The second-order valence-corrected chi connectivity index (χ2v) is 4.81. The van der Waals surface area contributed by atoms with E-state index in [0.29, 0.717) is 18.5 Å². The van der Waals surface area contributed by atoms with Crippen LogP contribution in [0.4, 0.5) is 17.6 Å². The molecule has 20 heavy (non-hydrogen) atoms. The van der Waals surface area contributed by atoms with E-state index in [4.69, 9.17) is 5.73 Å². The first-order valence-corrected chi connectivity index (χ1v) is 6.62. The Balaban J connectivity index is 2.56. The van der Waals surface area contributed by atoms with Crippen LogP contribution in [0.5, 0.6) is 0 Å². The minimum Gasteiger partial charge on any atom is -0.324 e. The highest BCUT2D eigenvalue weighted by molar-refractivity contribution is 5.20. The van der Waals surface area contributed by atoms with Crippen LogP contribution in [0, 0.1) is 5.82 Å². The highest BCUT2D eigenvalue weighted by Crippen LogP contribution is 2.20. The van der Waals surface area contributed by atoms with Crippen molar-refractivity contribution in [3.05, 3.63) is 35.6 Å². The zero-order valence-electron chi connectivity index (χ0n) is 11.5. The third-order valence-electron chi connectivity index (χ3n) is 3.00. The fourth-order valence-electron chi connectivity index (χ4n) is 2.09. The molecule has 0 aromatic heterocycles. The van der Waals surface area contributed by atoms with Crippen LogP contribution in [-0.4, -0.2) is 30.7 Å². The van der Waals surface area contributed by atoms with Crippen molar-refractivity contribution in [3.63, 3.8) is 0 Å². The molecule has 0 spiro atoms. The van der Waals surface area contributed by atoms with E-state index >= 15 is 0 Å². The number of alkyl halides is 3. The van der Waals surface area contributed by atoms with Gasteiger partial charge in [-0.1, -0.05) is 25.1 Å². The summed E-state index contributed by atoms with van der Waals surface area (Å²) in [5, 5.41) is 0. The Hall–Kier alpha value is -1.14. The molecule has 1 rings (SSSR count). The van der Waals surface area contributed by atoms with Crippen LogP contribution < -0.4 is 5.73 Å². The maximum absolute atomic E-state index is 13.5. The summed E-state index contributed by atoms with van der Waals surface area (Å²) in [6.45, 7) is 1.41. The number of hydrogen-bond donors (Lipinski definition) is 1. The van der Waals surface area contributed by atoms with Crippen LogP contribution in [0.1, 0.15) is 31.4 Å². The molecule has 0 aliphatic rings. The molecule has 114 valence electrons. The predicted octanol–water partition coefficient (Wildman–Crippen LogP) is 3.49. The van der Waals surface area contributed by atoms with Gasteiger partial charge < -0.3 is 5.73 Å². The van der Waals surface area contributed by atoms with E-state index in [9.17, 15) is 17.6 Å². The average molecular weight is 292 g/mol. The largest absolute Gasteiger partial charge is 0.401 e. The van der Waals surface area contributed by atoms with Crippen molar-refractivity contribution in [2.75, 3.05) is 19.6 Å². The summed E-state index contributed by atoms with van der Waals surface area (Å²) in [5.41, 5.74) is 6.20. The molecule has 6 heteroatoms. The van der Waals surface area contributed by atoms with Gasteiger partial charge in [0.15, 0.2) is 0 Å². The molecule has 1 atom stereocenters. The lowest BCUT2D eigenvalue weighted by atomic mass is 10.0. The van der Waals surface area contributed by atoms with Gasteiger partial charge in [-0.15, -0.1) is 0 Å². The quantitative estimate of drug-likeness (QED) is 0.779. The van der Waals surface area contributed by atoms with Gasteiger partial charge in [-0.3, -0.25) is 4.90 Å². The van der Waals surface area contributed by atoms with Gasteiger partial charge in [0.25, 0.3) is 0 Å². The van der Waals surface area contributed by atoms with E-state index in [1.54, 1.807) is 18.2 Å². The van der Waals surface area contributed by atoms with E-state index in [1.165, 1.54) is 11.0 Å². The number of nitrogens with zero attached hydrogens (tertiary/aromatic N) is 1. The maximum Gasteiger partial charge on any atom is 0.401 e. The van der Waals surface area contributed by atoms with Crippen LogP contribution in [0.2, 0.25) is 0 Å². The number of rotatable bonds is 7. The molecule has 0 bridgehead atoms. The Morgan fingerprint density at radius 3 is 2.40 bits per heavy atom. The van der Waals surface area contributed by atoms with Crippen LogP contribution in [0.15, 0.2) is 24.3 Å². The Labute approximate surface area is 116 Å². The monoisotopic (exact) mass is 292 g/mol. The third kappa shape index (κ3) is 5.88. The second-order valence-electron chi connectivity index (χ2n) is 4.81. The minimum atomic E-state index is -4.22. The smallest absolute Gasteiger partial charge is 0.324 e. The first-order chi connectivity index (χ1) is 9.33. The second kappa shape index (κ2) is 7.59. The molecule has 0 heterocycles. The normalized spacial score (nSPS) is 13.8. The lowest BCUT2D eigenvalue weighted by Crippen LogP contribution is -2.36. The van der Waals surface area contributed by atoms with Crippen LogP contribution in [0.3, 0.4) is 0 Å². The van der Waals surface area contributed by atoms with Crippen LogP contribution >= 0.6 is 0 Å². The molecule has 1 aromatic carbocycles. The van der Waals surface area contributed by atoms with Crippen LogP contribution in [-0.2, 0) is 0 Å². The molecule has 1 aromatic rings. The molecule has 0 fully saturated rings. The Morgan fingerprint density at radius 1 is 1.20 bits per heavy atom. The molecule has 0 saturated carbocycles. The highest BCUT2D eigenvalue weighted by atomic mass is 19.4. The van der Waals surface area contributed by atoms with Crippen molar-refractivity contribution in [2.24, 2.45) is 5.73 Å². The molecule has 0 aliphatic heterocycles. The van der Waals surface area contributed by atoms with Crippen molar-refractivity contribution in [2.45, 2.75) is 32.0 Å². The van der Waals surface area contributed by atoms with E-state index in [-0.39, 0.29) is 13.0 Å². The van der Waals surface area contributed by atoms with E-state index in [2.05, 4.69) is 0 Å². The minimum absolute atomic E-state index is 0.197. The van der Waals surface area contributed by atoms with Gasteiger partial charge in [0.2, 0.25) is 0 Å². The zero-order valence-corrected chi connectivity index (χ0v) is 11.5. The maximum atomic E-state index is 13.5. The Morgan fingerprint density at radius 2 is 1.85 bits per heavy atom. The Kier molecular flexibility index (Phi) is 6.42. The summed E-state index contributed by atoms with van der Waals surface area (Å²) < 4.78 is 50.7. The highest BCUT2D eigenvalue weighted by Gasteiger charge is 2.30. The lowest BCUT2D eigenvalue weighted by Gasteiger charge is -2.24. The van der Waals surface area contributed by atoms with Crippen molar-refractivity contribution < 1.29 is 17.6 Å². The number of benzene rings is 1. The molecule has 0 amide bonds. The van der Waals surface area contributed by atoms with E-state index in [0.717, 1.165) is 0 Å². The van der Waals surface area contributed by atoms with Gasteiger partial charge in [0.05, 0.1) is 6.54 Å². The van der Waals surface area contributed by atoms with Gasteiger partial charge >= 0.3 is 6.18 Å². The number of nitrogens with two attached hydrogens (primary N) is 1. The first kappa shape index (κ1) is 16.9. The van der Waals surface area contributed by atoms with Crippen molar-refractivity contribution in [3.8, 4) is 0 Å². The van der Waals surface area contributed by atoms with Crippen molar-refractivity contribution in [1.29, 1.82) is 0 Å². The van der Waals surface area contributed by atoms with Gasteiger partial charge in [-0.05, 0) is 25.5 Å². The molecular weight excluding hydrogens is 272 g/mol. The summed E-state index contributed by atoms with van der Waals surface area (Å²) in [7, 11) is 0. The summed E-state index contributed by atoms with van der Waals surface area (Å²) in [6.07, 6.45) is -3.31. The lowest BCUT2D eigenvalue weighted by molar-refractivity contribution is -0.146. The molecule has 0 radical (unpaired) electrons. The van der Waals surface area contributed by atoms with Gasteiger partial charge in [-0.2, -0.15) is 13.2 Å². The van der Waals surface area contributed by atoms with Crippen LogP contribution in [0.25, 0.3) is 0 Å². The molecule has 2 nitrogen and oxygen atoms in total. The predicted molar refractivity (Wildman–Crippen MR) is 70.7 cm³/mol. The Bertz CT molecular complexity index is 406. The number of halogens is 4. The van der Waals surface area contributed by atoms with Gasteiger partial charge in [-0.25, -0.2) is 4.39 Å². The SMILES string of the molecule is CCCN(CCC(N)c1ccccc1F)CC(F)(F)F. The molecular formula is C14H20F4N2. The summed E-state index contributed by atoms with van der Waals surface area (Å²) >= 11 is 0. The molecule has 2 N–H and O–H groups in total. The van der Waals surface area contributed by atoms with Crippen molar-refractivity contribution in [1.82, 2.24) is 4.90 Å². The standard InChI is InChI=1S/C14H20F4N2/c1-2-8-20(10-14(16,17)18)9-7-13(19)11-5-3-4-6-12(11)15/h3-6,13H,2,7-10,19H2,1H3. The van der Waals surface area contributed by atoms with Gasteiger partial charge in [0, 0.05) is 18.2 Å². The summed E-state index contributed by atoms with van der Waals surface area (Å²) in [4.78, 5) is 1.31. The van der Waals surface area contributed by atoms with Gasteiger partial charge in [0.1, 0.15) is 5.82 Å². The topological polar surface area (TPSA) is 29.3 Å². The van der Waals surface area contributed by atoms with E-state index < -0.39 is 24.6 Å². The summed E-state index contributed by atoms with van der Waals surface area (Å²) in [6, 6.07) is 5.49. The zero-order chi connectivity index (χ0) is 15.2. The van der Waals surface area contributed by atoms with Crippen molar-refractivity contribution >= 4 is 0 Å². The fourth-order valence-corrected chi connectivity index (χ4v) is 2.09.